The van der Waals surface area contributed by atoms with Crippen LogP contribution in [-0.2, 0) is 0 Å². The number of hydrogen-bond acceptors (Lipinski definition) is 2. The van der Waals surface area contributed by atoms with Gasteiger partial charge in [-0.2, -0.15) is 0 Å². The molecule has 9 heavy (non-hydrogen) atoms. The maximum Gasteiger partial charge on any atom is 0.0403 e. The van der Waals surface area contributed by atoms with Crippen LogP contribution in [0.1, 0.15) is 27.7 Å². The zero-order valence-corrected chi connectivity index (χ0v) is 8.16. The fraction of sp³-hybridized carbons (Fsp3) is 1.00. The van der Waals surface area contributed by atoms with Crippen LogP contribution < -0.4 is 0 Å². The van der Waals surface area contributed by atoms with Gasteiger partial charge in [0.25, 0.3) is 0 Å². The smallest absolute Gasteiger partial charge is 0.0403 e. The Labute approximate surface area is 66.2 Å². The van der Waals surface area contributed by atoms with E-state index in [4.69, 9.17) is 0 Å². The molecule has 1 aliphatic heterocycles. The number of rotatable bonds is 0. The van der Waals surface area contributed by atoms with Crippen molar-refractivity contribution in [1.82, 2.24) is 0 Å². The average Bonchev–Trinajstić information content (AvgIpc) is 1.81. The Kier molecular flexibility index (Phi) is 1.81. The predicted octanol–water partition coefficient (Wildman–Crippen LogP) is 2.98. The average molecular weight is 162 g/mol. The summed E-state index contributed by atoms with van der Waals surface area (Å²) in [6.45, 7) is 9.32. The summed E-state index contributed by atoms with van der Waals surface area (Å²) >= 11 is 4.14. The van der Waals surface area contributed by atoms with Crippen molar-refractivity contribution in [3.63, 3.8) is 0 Å². The summed E-state index contributed by atoms with van der Waals surface area (Å²) in [6, 6.07) is 0. The highest BCUT2D eigenvalue weighted by molar-refractivity contribution is 8.20. The van der Waals surface area contributed by atoms with Crippen molar-refractivity contribution in [2.24, 2.45) is 0 Å². The van der Waals surface area contributed by atoms with E-state index in [2.05, 4.69) is 51.2 Å². The van der Waals surface area contributed by atoms with Crippen LogP contribution in [-0.4, -0.2) is 14.6 Å². The molecule has 1 aliphatic rings. The summed E-state index contributed by atoms with van der Waals surface area (Å²) in [6.07, 6.45) is 0. The SMILES string of the molecule is CC1(C)SCSC1(C)C. The van der Waals surface area contributed by atoms with Gasteiger partial charge in [-0.1, -0.05) is 0 Å². The minimum absolute atomic E-state index is 0.470. The summed E-state index contributed by atoms with van der Waals surface area (Å²) in [5.41, 5.74) is 0. The van der Waals surface area contributed by atoms with Gasteiger partial charge >= 0.3 is 0 Å². The zero-order chi connectivity index (χ0) is 7.12. The summed E-state index contributed by atoms with van der Waals surface area (Å²) in [5.74, 6) is 0. The first-order valence-electron chi connectivity index (χ1n) is 3.24. The molecule has 0 unspecified atom stereocenters. The molecule has 1 saturated heterocycles. The third-order valence-electron chi connectivity index (χ3n) is 2.29. The van der Waals surface area contributed by atoms with Crippen molar-refractivity contribution in [2.45, 2.75) is 37.2 Å². The van der Waals surface area contributed by atoms with Gasteiger partial charge in [0.05, 0.1) is 0 Å². The molecule has 0 atom stereocenters. The molecule has 0 bridgehead atoms. The third kappa shape index (κ3) is 1.25. The van der Waals surface area contributed by atoms with Gasteiger partial charge in [0.1, 0.15) is 0 Å². The van der Waals surface area contributed by atoms with Crippen LogP contribution in [0.25, 0.3) is 0 Å². The minimum Gasteiger partial charge on any atom is -0.143 e. The van der Waals surface area contributed by atoms with Gasteiger partial charge in [0, 0.05) is 14.6 Å². The first-order chi connectivity index (χ1) is 3.96. The highest BCUT2D eigenvalue weighted by Crippen LogP contribution is 2.52. The quantitative estimate of drug-likeness (QED) is 0.537. The van der Waals surface area contributed by atoms with Crippen molar-refractivity contribution in [1.29, 1.82) is 0 Å². The van der Waals surface area contributed by atoms with Gasteiger partial charge in [-0.15, -0.1) is 23.5 Å². The van der Waals surface area contributed by atoms with Crippen LogP contribution in [0.4, 0.5) is 0 Å². The highest BCUT2D eigenvalue weighted by Gasteiger charge is 2.42. The van der Waals surface area contributed by atoms with Crippen LogP contribution in [0.5, 0.6) is 0 Å². The Bertz CT molecular complexity index is 102. The molecule has 0 spiro atoms. The molecule has 0 amide bonds. The summed E-state index contributed by atoms with van der Waals surface area (Å²) in [7, 11) is 0. The lowest BCUT2D eigenvalue weighted by molar-refractivity contribution is 0.561. The van der Waals surface area contributed by atoms with E-state index >= 15 is 0 Å². The largest absolute Gasteiger partial charge is 0.143 e. The van der Waals surface area contributed by atoms with E-state index in [1.807, 2.05) is 0 Å². The molecule has 0 aromatic rings. The molecule has 1 rings (SSSR count). The second kappa shape index (κ2) is 2.09. The van der Waals surface area contributed by atoms with E-state index < -0.39 is 0 Å². The Balaban J connectivity index is 2.75. The number of hydrogen-bond donors (Lipinski definition) is 0. The third-order valence-corrected chi connectivity index (χ3v) is 5.83. The van der Waals surface area contributed by atoms with Crippen LogP contribution in [0.3, 0.4) is 0 Å². The van der Waals surface area contributed by atoms with E-state index in [-0.39, 0.29) is 0 Å². The summed E-state index contributed by atoms with van der Waals surface area (Å²) in [4.78, 5) is 0. The topological polar surface area (TPSA) is 0 Å². The molecule has 0 nitrogen and oxygen atoms in total. The van der Waals surface area contributed by atoms with Gasteiger partial charge < -0.3 is 0 Å². The Morgan fingerprint density at radius 2 is 1.22 bits per heavy atom. The van der Waals surface area contributed by atoms with E-state index in [9.17, 15) is 0 Å². The van der Waals surface area contributed by atoms with Gasteiger partial charge in [-0.3, -0.25) is 0 Å². The maximum absolute atomic E-state index is 2.33. The lowest BCUT2D eigenvalue weighted by Crippen LogP contribution is -2.34. The van der Waals surface area contributed by atoms with Crippen LogP contribution in [0, 0.1) is 0 Å². The fourth-order valence-corrected chi connectivity index (χ4v) is 4.31. The normalized spacial score (nSPS) is 30.7. The molecule has 2 heteroatoms. The van der Waals surface area contributed by atoms with Crippen LogP contribution >= 0.6 is 23.5 Å². The van der Waals surface area contributed by atoms with Gasteiger partial charge in [-0.25, -0.2) is 0 Å². The summed E-state index contributed by atoms with van der Waals surface area (Å²) in [5, 5.41) is 1.26. The predicted molar refractivity (Wildman–Crippen MR) is 48.2 cm³/mol. The molecule has 1 fully saturated rings. The second-order valence-electron chi connectivity index (χ2n) is 3.43. The zero-order valence-electron chi connectivity index (χ0n) is 6.52. The Morgan fingerprint density at radius 1 is 0.889 bits per heavy atom. The molecular formula is C7H14S2. The van der Waals surface area contributed by atoms with Crippen molar-refractivity contribution in [2.75, 3.05) is 5.08 Å². The minimum atomic E-state index is 0.470. The second-order valence-corrected chi connectivity index (χ2v) is 6.99. The maximum atomic E-state index is 2.33. The van der Waals surface area contributed by atoms with E-state index in [0.717, 1.165) is 0 Å². The molecule has 0 aromatic carbocycles. The molecule has 0 aromatic heterocycles. The van der Waals surface area contributed by atoms with Crippen LogP contribution in [0.15, 0.2) is 0 Å². The first kappa shape index (κ1) is 7.80. The van der Waals surface area contributed by atoms with E-state index in [1.165, 1.54) is 5.08 Å². The fourth-order valence-electron chi connectivity index (χ4n) is 0.672. The Morgan fingerprint density at radius 3 is 1.33 bits per heavy atom. The molecule has 0 N–H and O–H groups in total. The molecule has 54 valence electrons. The molecule has 1 heterocycles. The molecule has 0 saturated carbocycles. The van der Waals surface area contributed by atoms with Crippen LogP contribution in [0.2, 0.25) is 0 Å². The van der Waals surface area contributed by atoms with Gasteiger partial charge in [0.2, 0.25) is 0 Å². The van der Waals surface area contributed by atoms with E-state index in [0.29, 0.717) is 9.49 Å². The van der Waals surface area contributed by atoms with Crippen molar-refractivity contribution in [3.8, 4) is 0 Å². The van der Waals surface area contributed by atoms with Crippen molar-refractivity contribution >= 4 is 23.5 Å². The monoisotopic (exact) mass is 162 g/mol. The standard InChI is InChI=1S/C7H14S2/c1-6(2)7(3,4)9-5-8-6/h5H2,1-4H3. The molecular weight excluding hydrogens is 148 g/mol. The van der Waals surface area contributed by atoms with Gasteiger partial charge in [0.15, 0.2) is 0 Å². The van der Waals surface area contributed by atoms with Crippen molar-refractivity contribution in [3.05, 3.63) is 0 Å². The van der Waals surface area contributed by atoms with E-state index in [1.54, 1.807) is 0 Å². The lowest BCUT2D eigenvalue weighted by Gasteiger charge is -2.32. The summed E-state index contributed by atoms with van der Waals surface area (Å²) < 4.78 is 0.940. The van der Waals surface area contributed by atoms with Gasteiger partial charge in [-0.05, 0) is 27.7 Å². The highest BCUT2D eigenvalue weighted by atomic mass is 32.2. The Hall–Kier alpha value is 0.700. The molecule has 0 radical (unpaired) electrons. The van der Waals surface area contributed by atoms with Crippen molar-refractivity contribution < 1.29 is 0 Å². The lowest BCUT2D eigenvalue weighted by atomic mass is 9.98. The first-order valence-corrected chi connectivity index (χ1v) is 5.21. The molecule has 0 aliphatic carbocycles. The number of thioether (sulfide) groups is 2.